The molecule has 2 aromatic rings. The Bertz CT molecular complexity index is 596. The highest BCUT2D eigenvalue weighted by molar-refractivity contribution is 5.98. The lowest BCUT2D eigenvalue weighted by atomic mass is 9.96. The second-order valence-electron chi connectivity index (χ2n) is 5.03. The number of hydrogen-bond donors (Lipinski definition) is 0. The van der Waals surface area contributed by atoms with Crippen molar-refractivity contribution in [1.29, 1.82) is 0 Å². The number of hydrogen-bond acceptors (Lipinski definition) is 1. The van der Waals surface area contributed by atoms with E-state index in [1.807, 2.05) is 24.3 Å². The van der Waals surface area contributed by atoms with Crippen molar-refractivity contribution in [3.63, 3.8) is 0 Å². The predicted molar refractivity (Wildman–Crippen MR) is 79.8 cm³/mol. The van der Waals surface area contributed by atoms with Gasteiger partial charge in [-0.25, -0.2) is 0 Å². The summed E-state index contributed by atoms with van der Waals surface area (Å²) < 4.78 is 0. The van der Waals surface area contributed by atoms with E-state index in [0.29, 0.717) is 6.42 Å². The second-order valence-corrected chi connectivity index (χ2v) is 5.03. The number of Topliss-reactive ketones (excluding diaryl/α,β-unsaturated/α-hetero) is 1. The van der Waals surface area contributed by atoms with Crippen LogP contribution in [-0.2, 0) is 12.8 Å². The van der Waals surface area contributed by atoms with Gasteiger partial charge in [0, 0.05) is 12.0 Å². The molecule has 2 aromatic carbocycles. The summed E-state index contributed by atoms with van der Waals surface area (Å²) in [6, 6.07) is 14.1. The molecular formula is C18H20O. The van der Waals surface area contributed by atoms with Crippen LogP contribution in [0.1, 0.15) is 39.5 Å². The van der Waals surface area contributed by atoms with Gasteiger partial charge in [0.2, 0.25) is 0 Å². The summed E-state index contributed by atoms with van der Waals surface area (Å²) in [5.41, 5.74) is 5.61. The molecule has 2 rings (SSSR count). The van der Waals surface area contributed by atoms with Crippen molar-refractivity contribution >= 4 is 5.78 Å². The first kappa shape index (κ1) is 13.5. The predicted octanol–water partition coefficient (Wildman–Crippen LogP) is 4.29. The summed E-state index contributed by atoms with van der Waals surface area (Å²) in [6.45, 7) is 6.26. The molecule has 0 heterocycles. The Labute approximate surface area is 115 Å². The number of rotatable bonds is 4. The molecule has 1 heteroatoms. The highest BCUT2D eigenvalue weighted by atomic mass is 16.1. The van der Waals surface area contributed by atoms with Crippen molar-refractivity contribution < 1.29 is 4.79 Å². The molecule has 0 aliphatic rings. The number of aryl methyl sites for hydroxylation is 3. The molecule has 0 aromatic heterocycles. The van der Waals surface area contributed by atoms with Gasteiger partial charge in [-0.15, -0.1) is 0 Å². The van der Waals surface area contributed by atoms with Gasteiger partial charge in [0.1, 0.15) is 0 Å². The molecule has 0 saturated heterocycles. The minimum atomic E-state index is 0.209. The van der Waals surface area contributed by atoms with Gasteiger partial charge in [0.25, 0.3) is 0 Å². The first-order valence-electron chi connectivity index (χ1n) is 6.79. The van der Waals surface area contributed by atoms with E-state index in [2.05, 4.69) is 39.0 Å². The topological polar surface area (TPSA) is 17.1 Å². The van der Waals surface area contributed by atoms with Crippen LogP contribution in [0.2, 0.25) is 0 Å². The van der Waals surface area contributed by atoms with Gasteiger partial charge in [-0.3, -0.25) is 4.79 Å². The Kier molecular flexibility index (Phi) is 4.16. The van der Waals surface area contributed by atoms with Crippen LogP contribution in [0.4, 0.5) is 0 Å². The summed E-state index contributed by atoms with van der Waals surface area (Å²) in [5, 5.41) is 0. The molecule has 0 atom stereocenters. The molecule has 0 saturated carbocycles. The third kappa shape index (κ3) is 3.11. The number of benzene rings is 2. The molecule has 0 radical (unpaired) electrons. The minimum absolute atomic E-state index is 0.209. The quantitative estimate of drug-likeness (QED) is 0.742. The summed E-state index contributed by atoms with van der Waals surface area (Å²) in [6.07, 6.45) is 1.38. The van der Waals surface area contributed by atoms with Crippen molar-refractivity contribution in [3.05, 3.63) is 70.3 Å². The first-order valence-corrected chi connectivity index (χ1v) is 6.79. The maximum Gasteiger partial charge on any atom is 0.167 e. The summed E-state index contributed by atoms with van der Waals surface area (Å²) >= 11 is 0. The summed E-state index contributed by atoms with van der Waals surface area (Å²) in [4.78, 5) is 12.4. The highest BCUT2D eigenvalue weighted by Gasteiger charge is 2.10. The number of ketones is 1. The number of carbonyl (C=O) groups is 1. The van der Waals surface area contributed by atoms with E-state index in [9.17, 15) is 4.79 Å². The van der Waals surface area contributed by atoms with Crippen LogP contribution < -0.4 is 0 Å². The van der Waals surface area contributed by atoms with Gasteiger partial charge in [-0.1, -0.05) is 49.4 Å². The smallest absolute Gasteiger partial charge is 0.167 e. The standard InChI is InChI=1S/C18H20O/c1-4-16-7-5-6-8-17(16)18(19)12-15-10-9-13(2)14(3)11-15/h5-11H,4,12H2,1-3H3. The summed E-state index contributed by atoms with van der Waals surface area (Å²) in [5.74, 6) is 0.209. The van der Waals surface area contributed by atoms with E-state index in [1.165, 1.54) is 11.1 Å². The zero-order valence-corrected chi connectivity index (χ0v) is 11.9. The minimum Gasteiger partial charge on any atom is -0.294 e. The average Bonchev–Trinajstić information content (AvgIpc) is 2.43. The summed E-state index contributed by atoms with van der Waals surface area (Å²) in [7, 11) is 0. The lowest BCUT2D eigenvalue weighted by molar-refractivity contribution is 0.0992. The molecule has 0 spiro atoms. The van der Waals surface area contributed by atoms with Gasteiger partial charge in [-0.05, 0) is 42.5 Å². The Hall–Kier alpha value is -1.89. The number of carbonyl (C=O) groups excluding carboxylic acids is 1. The van der Waals surface area contributed by atoms with E-state index in [4.69, 9.17) is 0 Å². The monoisotopic (exact) mass is 252 g/mol. The van der Waals surface area contributed by atoms with Crippen LogP contribution in [-0.4, -0.2) is 5.78 Å². The lowest BCUT2D eigenvalue weighted by Crippen LogP contribution is -2.07. The van der Waals surface area contributed by atoms with Crippen LogP contribution in [0.25, 0.3) is 0 Å². The van der Waals surface area contributed by atoms with Crippen molar-refractivity contribution in [1.82, 2.24) is 0 Å². The van der Waals surface area contributed by atoms with Crippen molar-refractivity contribution in [2.75, 3.05) is 0 Å². The first-order chi connectivity index (χ1) is 9.11. The zero-order chi connectivity index (χ0) is 13.8. The highest BCUT2D eigenvalue weighted by Crippen LogP contribution is 2.15. The van der Waals surface area contributed by atoms with E-state index < -0.39 is 0 Å². The molecule has 0 aliphatic carbocycles. The lowest BCUT2D eigenvalue weighted by Gasteiger charge is -2.08. The van der Waals surface area contributed by atoms with Crippen LogP contribution >= 0.6 is 0 Å². The molecule has 98 valence electrons. The Morgan fingerprint density at radius 1 is 1.00 bits per heavy atom. The molecule has 0 amide bonds. The molecule has 0 fully saturated rings. The molecular weight excluding hydrogens is 232 g/mol. The van der Waals surface area contributed by atoms with Crippen LogP contribution in [0.15, 0.2) is 42.5 Å². The fourth-order valence-corrected chi connectivity index (χ4v) is 2.29. The maximum absolute atomic E-state index is 12.4. The molecule has 0 bridgehead atoms. The van der Waals surface area contributed by atoms with Crippen LogP contribution in [0.3, 0.4) is 0 Å². The molecule has 0 N–H and O–H groups in total. The average molecular weight is 252 g/mol. The second kappa shape index (κ2) is 5.83. The van der Waals surface area contributed by atoms with E-state index in [1.54, 1.807) is 0 Å². The molecule has 0 unspecified atom stereocenters. The normalized spacial score (nSPS) is 10.5. The Morgan fingerprint density at radius 3 is 2.42 bits per heavy atom. The fraction of sp³-hybridized carbons (Fsp3) is 0.278. The van der Waals surface area contributed by atoms with E-state index >= 15 is 0 Å². The SMILES string of the molecule is CCc1ccccc1C(=O)Cc1ccc(C)c(C)c1. The van der Waals surface area contributed by atoms with Gasteiger partial charge >= 0.3 is 0 Å². The van der Waals surface area contributed by atoms with Gasteiger partial charge < -0.3 is 0 Å². The third-order valence-electron chi connectivity index (χ3n) is 3.63. The van der Waals surface area contributed by atoms with Gasteiger partial charge in [-0.2, -0.15) is 0 Å². The zero-order valence-electron chi connectivity index (χ0n) is 11.9. The van der Waals surface area contributed by atoms with E-state index in [0.717, 1.165) is 23.1 Å². The van der Waals surface area contributed by atoms with Crippen LogP contribution in [0, 0.1) is 13.8 Å². The molecule has 19 heavy (non-hydrogen) atoms. The maximum atomic E-state index is 12.4. The molecule has 0 aliphatic heterocycles. The van der Waals surface area contributed by atoms with E-state index in [-0.39, 0.29) is 5.78 Å². The Morgan fingerprint density at radius 2 is 1.74 bits per heavy atom. The van der Waals surface area contributed by atoms with Gasteiger partial charge in [0.05, 0.1) is 0 Å². The van der Waals surface area contributed by atoms with Gasteiger partial charge in [0.15, 0.2) is 5.78 Å². The third-order valence-corrected chi connectivity index (χ3v) is 3.63. The van der Waals surface area contributed by atoms with Crippen LogP contribution in [0.5, 0.6) is 0 Å². The largest absolute Gasteiger partial charge is 0.294 e. The molecule has 1 nitrogen and oxygen atoms in total. The van der Waals surface area contributed by atoms with Crippen molar-refractivity contribution in [3.8, 4) is 0 Å². The van der Waals surface area contributed by atoms with Crippen molar-refractivity contribution in [2.45, 2.75) is 33.6 Å². The Balaban J connectivity index is 2.23. The fourth-order valence-electron chi connectivity index (χ4n) is 2.29. The van der Waals surface area contributed by atoms with Crippen molar-refractivity contribution in [2.24, 2.45) is 0 Å².